The van der Waals surface area contributed by atoms with E-state index in [9.17, 15) is 14.4 Å². The van der Waals surface area contributed by atoms with Crippen molar-refractivity contribution < 1.29 is 19.1 Å². The number of anilines is 1. The molecule has 0 aliphatic heterocycles. The molecule has 3 aromatic carbocycles. The fourth-order valence-corrected chi connectivity index (χ4v) is 2.76. The zero-order valence-electron chi connectivity index (χ0n) is 16.5. The Balaban J connectivity index is 1.66. The molecule has 0 radical (unpaired) electrons. The van der Waals surface area contributed by atoms with Crippen molar-refractivity contribution >= 4 is 23.5 Å². The molecule has 2 amide bonds. The molecule has 30 heavy (non-hydrogen) atoms. The van der Waals surface area contributed by atoms with Gasteiger partial charge in [0.15, 0.2) is 0 Å². The SMILES string of the molecule is Cc1ccc(NC(=O)[C@@H](OC(=O)CNC(=O)c2ccccc2)c2ccccc2)cc1. The van der Waals surface area contributed by atoms with Crippen LogP contribution in [0.3, 0.4) is 0 Å². The molecule has 3 rings (SSSR count). The lowest BCUT2D eigenvalue weighted by atomic mass is 10.1. The second kappa shape index (κ2) is 10.0. The van der Waals surface area contributed by atoms with E-state index in [0.29, 0.717) is 16.8 Å². The molecular formula is C24H22N2O4. The molecule has 0 fully saturated rings. The van der Waals surface area contributed by atoms with Crippen molar-refractivity contribution in [1.29, 1.82) is 0 Å². The van der Waals surface area contributed by atoms with Gasteiger partial charge in [-0.15, -0.1) is 0 Å². The van der Waals surface area contributed by atoms with E-state index in [2.05, 4.69) is 10.6 Å². The van der Waals surface area contributed by atoms with Gasteiger partial charge in [0, 0.05) is 16.8 Å². The van der Waals surface area contributed by atoms with E-state index in [1.165, 1.54) is 0 Å². The zero-order chi connectivity index (χ0) is 21.3. The van der Waals surface area contributed by atoms with Gasteiger partial charge in [-0.3, -0.25) is 14.4 Å². The summed E-state index contributed by atoms with van der Waals surface area (Å²) < 4.78 is 5.41. The number of carbonyl (C=O) groups is 3. The second-order valence-corrected chi connectivity index (χ2v) is 6.68. The first-order chi connectivity index (χ1) is 14.5. The van der Waals surface area contributed by atoms with Crippen LogP contribution in [0.4, 0.5) is 5.69 Å². The summed E-state index contributed by atoms with van der Waals surface area (Å²) in [6, 6.07) is 24.6. The van der Waals surface area contributed by atoms with Crippen molar-refractivity contribution in [2.45, 2.75) is 13.0 Å². The molecule has 0 saturated carbocycles. The lowest BCUT2D eigenvalue weighted by Gasteiger charge is -2.18. The molecule has 6 heteroatoms. The Morgan fingerprint density at radius 3 is 2.07 bits per heavy atom. The first-order valence-corrected chi connectivity index (χ1v) is 9.48. The predicted octanol–water partition coefficient (Wildman–Crippen LogP) is 3.65. The Kier molecular flexibility index (Phi) is 6.95. The van der Waals surface area contributed by atoms with Gasteiger partial charge in [-0.05, 0) is 31.2 Å². The third kappa shape index (κ3) is 5.78. The Morgan fingerprint density at radius 1 is 0.833 bits per heavy atom. The summed E-state index contributed by atoms with van der Waals surface area (Å²) in [5.74, 6) is -1.59. The number of nitrogens with one attached hydrogen (secondary N) is 2. The number of hydrogen-bond donors (Lipinski definition) is 2. The average molecular weight is 402 g/mol. The van der Waals surface area contributed by atoms with Gasteiger partial charge in [0.05, 0.1) is 0 Å². The van der Waals surface area contributed by atoms with Crippen molar-refractivity contribution in [3.63, 3.8) is 0 Å². The molecule has 2 N–H and O–H groups in total. The van der Waals surface area contributed by atoms with E-state index < -0.39 is 23.9 Å². The van der Waals surface area contributed by atoms with Crippen LogP contribution in [0.5, 0.6) is 0 Å². The van der Waals surface area contributed by atoms with E-state index in [1.54, 1.807) is 72.8 Å². The molecule has 0 unspecified atom stereocenters. The summed E-state index contributed by atoms with van der Waals surface area (Å²) in [5, 5.41) is 5.27. The molecule has 0 bridgehead atoms. The number of aryl methyl sites for hydroxylation is 1. The minimum atomic E-state index is -1.14. The largest absolute Gasteiger partial charge is 0.446 e. The van der Waals surface area contributed by atoms with Gasteiger partial charge in [-0.25, -0.2) is 0 Å². The number of ether oxygens (including phenoxy) is 1. The van der Waals surface area contributed by atoms with Crippen molar-refractivity contribution in [2.24, 2.45) is 0 Å². The van der Waals surface area contributed by atoms with Crippen LogP contribution in [-0.4, -0.2) is 24.3 Å². The first kappa shape index (κ1) is 20.8. The molecule has 6 nitrogen and oxygen atoms in total. The Labute approximate surface area is 174 Å². The van der Waals surface area contributed by atoms with Crippen LogP contribution in [-0.2, 0) is 14.3 Å². The molecule has 0 aliphatic rings. The number of benzene rings is 3. The number of carbonyl (C=O) groups excluding carboxylic acids is 3. The van der Waals surface area contributed by atoms with E-state index in [0.717, 1.165) is 5.56 Å². The second-order valence-electron chi connectivity index (χ2n) is 6.68. The van der Waals surface area contributed by atoms with Gasteiger partial charge in [0.2, 0.25) is 6.10 Å². The first-order valence-electron chi connectivity index (χ1n) is 9.48. The highest BCUT2D eigenvalue weighted by molar-refractivity contribution is 5.97. The number of rotatable bonds is 7. The molecule has 0 spiro atoms. The van der Waals surface area contributed by atoms with E-state index >= 15 is 0 Å². The lowest BCUT2D eigenvalue weighted by Crippen LogP contribution is -2.33. The monoisotopic (exact) mass is 402 g/mol. The molecule has 0 heterocycles. The quantitative estimate of drug-likeness (QED) is 0.591. The number of esters is 1. The topological polar surface area (TPSA) is 84.5 Å². The number of hydrogen-bond acceptors (Lipinski definition) is 4. The molecule has 0 aliphatic carbocycles. The minimum Gasteiger partial charge on any atom is -0.446 e. The third-order valence-electron chi connectivity index (χ3n) is 4.34. The molecule has 3 aromatic rings. The molecule has 0 aromatic heterocycles. The Morgan fingerprint density at radius 2 is 1.43 bits per heavy atom. The fourth-order valence-electron chi connectivity index (χ4n) is 2.76. The van der Waals surface area contributed by atoms with Gasteiger partial charge in [-0.1, -0.05) is 66.2 Å². The van der Waals surface area contributed by atoms with Crippen molar-refractivity contribution in [3.05, 3.63) is 102 Å². The standard InChI is InChI=1S/C24H22N2O4/c1-17-12-14-20(15-13-17)26-24(29)22(18-8-4-2-5-9-18)30-21(27)16-25-23(28)19-10-6-3-7-11-19/h2-15,22H,16H2,1H3,(H,25,28)(H,26,29)/t22-/m0/s1. The van der Waals surface area contributed by atoms with Crippen LogP contribution in [0, 0.1) is 6.92 Å². The van der Waals surface area contributed by atoms with Crippen LogP contribution in [0.25, 0.3) is 0 Å². The zero-order valence-corrected chi connectivity index (χ0v) is 16.5. The summed E-state index contributed by atoms with van der Waals surface area (Å²) >= 11 is 0. The van der Waals surface area contributed by atoms with Gasteiger partial charge < -0.3 is 15.4 Å². The van der Waals surface area contributed by atoms with Gasteiger partial charge in [0.25, 0.3) is 11.8 Å². The van der Waals surface area contributed by atoms with Crippen molar-refractivity contribution in [1.82, 2.24) is 5.32 Å². The normalized spacial score (nSPS) is 11.2. The van der Waals surface area contributed by atoms with E-state index in [1.807, 2.05) is 19.1 Å². The highest BCUT2D eigenvalue weighted by atomic mass is 16.5. The number of amides is 2. The smallest absolute Gasteiger partial charge is 0.326 e. The van der Waals surface area contributed by atoms with Crippen molar-refractivity contribution in [2.75, 3.05) is 11.9 Å². The average Bonchev–Trinajstić information content (AvgIpc) is 2.78. The van der Waals surface area contributed by atoms with Crippen LogP contribution >= 0.6 is 0 Å². The van der Waals surface area contributed by atoms with Gasteiger partial charge in [0.1, 0.15) is 6.54 Å². The maximum absolute atomic E-state index is 12.8. The van der Waals surface area contributed by atoms with E-state index in [4.69, 9.17) is 4.74 Å². The molecular weight excluding hydrogens is 380 g/mol. The van der Waals surface area contributed by atoms with Crippen molar-refractivity contribution in [3.8, 4) is 0 Å². The van der Waals surface area contributed by atoms with Crippen LogP contribution < -0.4 is 10.6 Å². The summed E-state index contributed by atoms with van der Waals surface area (Å²) in [6.45, 7) is 1.60. The summed E-state index contributed by atoms with van der Waals surface area (Å²) in [4.78, 5) is 37.3. The molecule has 152 valence electrons. The summed E-state index contributed by atoms with van der Waals surface area (Å²) in [7, 11) is 0. The lowest BCUT2D eigenvalue weighted by molar-refractivity contribution is -0.153. The van der Waals surface area contributed by atoms with Gasteiger partial charge in [-0.2, -0.15) is 0 Å². The maximum Gasteiger partial charge on any atom is 0.326 e. The Bertz CT molecular complexity index is 1000. The van der Waals surface area contributed by atoms with Gasteiger partial charge >= 0.3 is 5.97 Å². The summed E-state index contributed by atoms with van der Waals surface area (Å²) in [6.07, 6.45) is -1.14. The fraction of sp³-hybridized carbons (Fsp3) is 0.125. The molecule has 0 saturated heterocycles. The predicted molar refractivity (Wildman–Crippen MR) is 114 cm³/mol. The van der Waals surface area contributed by atoms with Crippen LogP contribution in [0.2, 0.25) is 0 Å². The summed E-state index contributed by atoms with van der Waals surface area (Å²) in [5.41, 5.74) is 2.63. The maximum atomic E-state index is 12.8. The highest BCUT2D eigenvalue weighted by Crippen LogP contribution is 2.20. The van der Waals surface area contributed by atoms with Crippen LogP contribution in [0.1, 0.15) is 27.6 Å². The molecule has 1 atom stereocenters. The Hall–Kier alpha value is -3.93. The van der Waals surface area contributed by atoms with Crippen LogP contribution in [0.15, 0.2) is 84.9 Å². The minimum absolute atomic E-state index is 0.352. The highest BCUT2D eigenvalue weighted by Gasteiger charge is 2.25. The van der Waals surface area contributed by atoms with E-state index in [-0.39, 0.29) is 6.54 Å². The third-order valence-corrected chi connectivity index (χ3v) is 4.34.